The van der Waals surface area contributed by atoms with Gasteiger partial charge < -0.3 is 19.7 Å². The van der Waals surface area contributed by atoms with Crippen LogP contribution in [0.15, 0.2) is 54.6 Å². The number of hydrogen-bond donors (Lipinski definition) is 1. The number of para-hydroxylation sites is 1. The van der Waals surface area contributed by atoms with E-state index in [4.69, 9.17) is 9.47 Å². The molecule has 2 atom stereocenters. The molecule has 1 spiro atoms. The van der Waals surface area contributed by atoms with E-state index in [2.05, 4.69) is 11.4 Å². The van der Waals surface area contributed by atoms with Crippen molar-refractivity contribution >= 4 is 28.5 Å². The van der Waals surface area contributed by atoms with E-state index in [9.17, 15) is 13.8 Å². The normalized spacial score (nSPS) is 20.4. The molecule has 5 rings (SSSR count). The number of rotatable bonds is 9. The standard InChI is InChI=1S/C29H38N4O5S/c1-39(36)33-22-29(24-9-5-6-10-26(24)33)11-13-32(14-12-29)28(35)25(21-38-20-23-7-3-2-4-8-23)30-27(34)19-31-15-17-37-18-16-31/h2-10,25H,11-22H2,1H3,(H,30,34)/t25-,39?/m1/s1. The highest BCUT2D eigenvalue weighted by molar-refractivity contribution is 7.85. The summed E-state index contributed by atoms with van der Waals surface area (Å²) in [5.41, 5.74) is 3.13. The molecule has 0 bridgehead atoms. The first kappa shape index (κ1) is 27.8. The van der Waals surface area contributed by atoms with Crippen molar-refractivity contribution in [2.75, 3.05) is 69.7 Å². The van der Waals surface area contributed by atoms with Gasteiger partial charge in [0.1, 0.15) is 17.0 Å². The van der Waals surface area contributed by atoms with Crippen molar-refractivity contribution in [3.63, 3.8) is 0 Å². The molecule has 9 nitrogen and oxygen atoms in total. The van der Waals surface area contributed by atoms with Gasteiger partial charge in [-0.2, -0.15) is 0 Å². The first-order chi connectivity index (χ1) is 18.9. The summed E-state index contributed by atoms with van der Waals surface area (Å²) in [6, 6.07) is 17.2. The number of morpholine rings is 1. The first-order valence-corrected chi connectivity index (χ1v) is 15.2. The molecule has 39 heavy (non-hydrogen) atoms. The zero-order chi connectivity index (χ0) is 27.2. The van der Waals surface area contributed by atoms with Crippen molar-refractivity contribution in [3.05, 3.63) is 65.7 Å². The number of ether oxygens (including phenoxy) is 2. The van der Waals surface area contributed by atoms with Crippen LogP contribution in [-0.4, -0.2) is 97.2 Å². The second-order valence-corrected chi connectivity index (χ2v) is 11.9. The average Bonchev–Trinajstić information content (AvgIpc) is 3.28. The number of nitrogens with zero attached hydrogens (tertiary/aromatic N) is 3. The molecule has 2 amide bonds. The summed E-state index contributed by atoms with van der Waals surface area (Å²) in [6.07, 6.45) is 3.28. The summed E-state index contributed by atoms with van der Waals surface area (Å²) in [6.45, 7) is 5.17. The summed E-state index contributed by atoms with van der Waals surface area (Å²) >= 11 is 0. The molecule has 2 saturated heterocycles. The molecule has 210 valence electrons. The lowest BCUT2D eigenvalue weighted by Gasteiger charge is -2.41. The van der Waals surface area contributed by atoms with Gasteiger partial charge in [0.2, 0.25) is 11.8 Å². The average molecular weight is 555 g/mol. The van der Waals surface area contributed by atoms with E-state index in [-0.39, 0.29) is 30.4 Å². The van der Waals surface area contributed by atoms with Crippen LogP contribution in [0.4, 0.5) is 5.69 Å². The minimum absolute atomic E-state index is 0.107. The molecule has 0 radical (unpaired) electrons. The van der Waals surface area contributed by atoms with Crippen LogP contribution in [0.25, 0.3) is 0 Å². The van der Waals surface area contributed by atoms with Crippen molar-refractivity contribution in [1.82, 2.24) is 15.1 Å². The van der Waals surface area contributed by atoms with Crippen LogP contribution in [0.3, 0.4) is 0 Å². The maximum absolute atomic E-state index is 13.7. The molecule has 10 heteroatoms. The molecule has 2 aromatic rings. The molecular weight excluding hydrogens is 516 g/mol. The van der Waals surface area contributed by atoms with E-state index < -0.39 is 17.0 Å². The van der Waals surface area contributed by atoms with Crippen molar-refractivity contribution in [2.45, 2.75) is 30.9 Å². The third-order valence-corrected chi connectivity index (χ3v) is 8.98. The molecule has 2 aromatic carbocycles. The fourth-order valence-corrected chi connectivity index (χ4v) is 6.73. The number of piperidine rings is 1. The molecule has 0 aromatic heterocycles. The third-order valence-electron chi connectivity index (χ3n) is 8.03. The number of likely N-dealkylation sites (tertiary alicyclic amines) is 1. The Balaban J connectivity index is 1.24. The summed E-state index contributed by atoms with van der Waals surface area (Å²) in [5.74, 6) is -0.298. The molecule has 3 aliphatic heterocycles. The van der Waals surface area contributed by atoms with Crippen molar-refractivity contribution in [2.24, 2.45) is 0 Å². The van der Waals surface area contributed by atoms with E-state index in [0.29, 0.717) is 52.5 Å². The van der Waals surface area contributed by atoms with Crippen LogP contribution in [0.2, 0.25) is 0 Å². The number of carbonyl (C=O) groups excluding carboxylic acids is 2. The Hall–Kier alpha value is -2.79. The van der Waals surface area contributed by atoms with E-state index in [1.54, 1.807) is 6.26 Å². The Morgan fingerprint density at radius 1 is 1.03 bits per heavy atom. The third kappa shape index (κ3) is 6.51. The summed E-state index contributed by atoms with van der Waals surface area (Å²) in [4.78, 5) is 30.5. The first-order valence-electron chi connectivity index (χ1n) is 13.7. The van der Waals surface area contributed by atoms with Crippen molar-refractivity contribution < 1.29 is 23.3 Å². The van der Waals surface area contributed by atoms with Crippen LogP contribution < -0.4 is 9.62 Å². The number of carbonyl (C=O) groups is 2. The van der Waals surface area contributed by atoms with Gasteiger partial charge in [-0.05, 0) is 30.0 Å². The zero-order valence-electron chi connectivity index (χ0n) is 22.5. The molecule has 0 aliphatic carbocycles. The van der Waals surface area contributed by atoms with Gasteiger partial charge in [0.05, 0.1) is 38.7 Å². The fraction of sp³-hybridized carbons (Fsp3) is 0.517. The number of nitrogens with one attached hydrogen (secondary N) is 1. The van der Waals surface area contributed by atoms with Gasteiger partial charge in [-0.15, -0.1) is 0 Å². The lowest BCUT2D eigenvalue weighted by atomic mass is 9.74. The monoisotopic (exact) mass is 554 g/mol. The number of anilines is 1. The predicted octanol–water partition coefficient (Wildman–Crippen LogP) is 1.69. The van der Waals surface area contributed by atoms with Crippen molar-refractivity contribution in [3.8, 4) is 0 Å². The Labute approximate surface area is 233 Å². The quantitative estimate of drug-likeness (QED) is 0.508. The lowest BCUT2D eigenvalue weighted by molar-refractivity contribution is -0.140. The van der Waals surface area contributed by atoms with Crippen LogP contribution >= 0.6 is 0 Å². The van der Waals surface area contributed by atoms with Crippen LogP contribution in [0, 0.1) is 0 Å². The van der Waals surface area contributed by atoms with Crippen LogP contribution in [0.5, 0.6) is 0 Å². The minimum Gasteiger partial charge on any atom is -0.379 e. The van der Waals surface area contributed by atoms with E-state index >= 15 is 0 Å². The Morgan fingerprint density at radius 3 is 2.44 bits per heavy atom. The van der Waals surface area contributed by atoms with Gasteiger partial charge in [-0.1, -0.05) is 48.5 Å². The molecule has 1 unspecified atom stereocenters. The molecule has 0 saturated carbocycles. The Bertz CT molecular complexity index is 1170. The lowest BCUT2D eigenvalue weighted by Crippen LogP contribution is -2.56. The highest BCUT2D eigenvalue weighted by Crippen LogP contribution is 2.47. The summed E-state index contributed by atoms with van der Waals surface area (Å²) in [5, 5.41) is 2.96. The van der Waals surface area contributed by atoms with Crippen molar-refractivity contribution in [1.29, 1.82) is 0 Å². The van der Waals surface area contributed by atoms with Crippen LogP contribution in [-0.2, 0) is 42.1 Å². The van der Waals surface area contributed by atoms with Gasteiger partial charge in [0, 0.05) is 44.4 Å². The van der Waals surface area contributed by atoms with Gasteiger partial charge in [-0.3, -0.25) is 18.8 Å². The van der Waals surface area contributed by atoms with Gasteiger partial charge >= 0.3 is 0 Å². The fourth-order valence-electron chi connectivity index (χ4n) is 5.86. The molecule has 3 aliphatic rings. The highest BCUT2D eigenvalue weighted by Gasteiger charge is 2.46. The molecular formula is C29H38N4O5S. The topological polar surface area (TPSA) is 91.4 Å². The number of amides is 2. The second kappa shape index (κ2) is 12.6. The molecule has 3 heterocycles. The van der Waals surface area contributed by atoms with Gasteiger partial charge in [0.25, 0.3) is 0 Å². The van der Waals surface area contributed by atoms with E-state index in [1.807, 2.05) is 62.6 Å². The maximum atomic E-state index is 13.7. The predicted molar refractivity (Wildman–Crippen MR) is 151 cm³/mol. The Kier molecular flexibility index (Phi) is 8.96. The molecule has 2 fully saturated rings. The maximum Gasteiger partial charge on any atom is 0.247 e. The van der Waals surface area contributed by atoms with Gasteiger partial charge in [-0.25, -0.2) is 4.21 Å². The number of fused-ring (bicyclic) bond motifs is 2. The number of benzene rings is 2. The summed E-state index contributed by atoms with van der Waals surface area (Å²) < 4.78 is 25.7. The molecule has 1 N–H and O–H groups in total. The highest BCUT2D eigenvalue weighted by atomic mass is 32.2. The Morgan fingerprint density at radius 2 is 1.72 bits per heavy atom. The number of hydrogen-bond acceptors (Lipinski definition) is 6. The minimum atomic E-state index is -1.11. The largest absolute Gasteiger partial charge is 0.379 e. The van der Waals surface area contributed by atoms with E-state index in [0.717, 1.165) is 24.1 Å². The second-order valence-electron chi connectivity index (χ2n) is 10.6. The van der Waals surface area contributed by atoms with Crippen LogP contribution in [0.1, 0.15) is 24.0 Å². The van der Waals surface area contributed by atoms with E-state index in [1.165, 1.54) is 5.56 Å². The smallest absolute Gasteiger partial charge is 0.247 e. The zero-order valence-corrected chi connectivity index (χ0v) is 23.4. The summed E-state index contributed by atoms with van der Waals surface area (Å²) in [7, 11) is -1.11. The van der Waals surface area contributed by atoms with Gasteiger partial charge in [0.15, 0.2) is 0 Å². The SMILES string of the molecule is CS(=O)N1CC2(CCN(C(=O)[C@@H](COCc3ccccc3)NC(=O)CN3CCOCC3)CC2)c2ccccc21.